The van der Waals surface area contributed by atoms with Gasteiger partial charge in [-0.05, 0) is 36.8 Å². The topological polar surface area (TPSA) is 68.4 Å². The van der Waals surface area contributed by atoms with Gasteiger partial charge in [0.05, 0.1) is 18.2 Å². The van der Waals surface area contributed by atoms with Crippen molar-refractivity contribution in [1.29, 1.82) is 0 Å². The van der Waals surface area contributed by atoms with E-state index in [1.165, 1.54) is 19.2 Å². The minimum absolute atomic E-state index is 0.147. The molecule has 0 fully saturated rings. The van der Waals surface area contributed by atoms with Crippen LogP contribution in [0.15, 0.2) is 53.3 Å². The number of esters is 1. The lowest BCUT2D eigenvalue weighted by Crippen LogP contribution is -2.13. The molecule has 3 aromatic rings. The zero-order chi connectivity index (χ0) is 20.3. The van der Waals surface area contributed by atoms with Crippen LogP contribution < -0.4 is 10.3 Å². The Morgan fingerprint density at radius 1 is 1.11 bits per heavy atom. The smallest absolute Gasteiger partial charge is 0.337 e. The molecular formula is C21H17F2NO4. The molecule has 0 aliphatic rings. The number of hydrogen-bond acceptors (Lipinski definition) is 4. The number of pyridine rings is 1. The minimum atomic E-state index is -0.740. The van der Waals surface area contributed by atoms with E-state index >= 15 is 0 Å². The molecule has 0 aliphatic carbocycles. The number of hydrogen-bond donors (Lipinski definition) is 1. The maximum atomic E-state index is 13.9. The number of carbonyl (C=O) groups is 1. The molecule has 7 heteroatoms. The van der Waals surface area contributed by atoms with Crippen molar-refractivity contribution in [1.82, 2.24) is 4.98 Å². The number of ether oxygens (including phenoxy) is 2. The van der Waals surface area contributed by atoms with E-state index in [0.717, 1.165) is 12.1 Å². The van der Waals surface area contributed by atoms with Gasteiger partial charge in [0.15, 0.2) is 0 Å². The van der Waals surface area contributed by atoms with Gasteiger partial charge < -0.3 is 14.5 Å². The van der Waals surface area contributed by atoms with Crippen molar-refractivity contribution in [3.05, 3.63) is 87.3 Å². The van der Waals surface area contributed by atoms with Crippen LogP contribution in [-0.4, -0.2) is 18.1 Å². The molecule has 3 rings (SSSR count). The Morgan fingerprint density at radius 2 is 1.89 bits per heavy atom. The molecule has 0 atom stereocenters. The summed E-state index contributed by atoms with van der Waals surface area (Å²) < 4.78 is 37.3. The highest BCUT2D eigenvalue weighted by molar-refractivity contribution is 5.91. The summed E-state index contributed by atoms with van der Waals surface area (Å²) in [7, 11) is 1.26. The molecule has 0 aliphatic heterocycles. The Hall–Kier alpha value is -3.48. The van der Waals surface area contributed by atoms with Crippen molar-refractivity contribution in [3.63, 3.8) is 0 Å². The van der Waals surface area contributed by atoms with E-state index in [9.17, 15) is 18.4 Å². The number of rotatable bonds is 5. The van der Waals surface area contributed by atoms with Crippen molar-refractivity contribution >= 4 is 5.97 Å². The van der Waals surface area contributed by atoms with Gasteiger partial charge in [-0.3, -0.25) is 4.79 Å². The van der Waals surface area contributed by atoms with Crippen molar-refractivity contribution in [2.45, 2.75) is 13.5 Å². The maximum absolute atomic E-state index is 13.9. The fraction of sp³-hybridized carbons (Fsp3) is 0.143. The highest BCUT2D eigenvalue weighted by atomic mass is 19.1. The second-order valence-corrected chi connectivity index (χ2v) is 6.12. The number of aromatic nitrogens is 1. The summed E-state index contributed by atoms with van der Waals surface area (Å²) >= 11 is 0. The van der Waals surface area contributed by atoms with Gasteiger partial charge in [0.1, 0.15) is 24.0 Å². The Bertz CT molecular complexity index is 1090. The third kappa shape index (κ3) is 4.09. The Balaban J connectivity index is 2.01. The van der Waals surface area contributed by atoms with Crippen molar-refractivity contribution in [2.24, 2.45) is 0 Å². The Kier molecular flexibility index (Phi) is 5.54. The average molecular weight is 385 g/mol. The van der Waals surface area contributed by atoms with Gasteiger partial charge in [-0.25, -0.2) is 13.6 Å². The SMILES string of the molecule is COC(=O)c1cccc(-c2c(OCc3ccc(F)cc3F)cc(C)[nH]c2=O)c1. The van der Waals surface area contributed by atoms with Gasteiger partial charge >= 0.3 is 5.97 Å². The second-order valence-electron chi connectivity index (χ2n) is 6.12. The first kappa shape index (κ1) is 19.3. The molecule has 1 N–H and O–H groups in total. The molecule has 2 aromatic carbocycles. The van der Waals surface area contributed by atoms with Crippen LogP contribution in [0.25, 0.3) is 11.1 Å². The van der Waals surface area contributed by atoms with Gasteiger partial charge in [-0.15, -0.1) is 0 Å². The van der Waals surface area contributed by atoms with Gasteiger partial charge in [0.2, 0.25) is 0 Å². The van der Waals surface area contributed by atoms with Crippen LogP contribution in [0.2, 0.25) is 0 Å². The number of benzene rings is 2. The zero-order valence-corrected chi connectivity index (χ0v) is 15.2. The summed E-state index contributed by atoms with van der Waals surface area (Å²) in [6.45, 7) is 1.49. The van der Waals surface area contributed by atoms with Crippen LogP contribution in [0, 0.1) is 18.6 Å². The van der Waals surface area contributed by atoms with Crippen LogP contribution in [0.4, 0.5) is 8.78 Å². The van der Waals surface area contributed by atoms with E-state index in [1.807, 2.05) is 0 Å². The summed E-state index contributed by atoms with van der Waals surface area (Å²) in [4.78, 5) is 27.0. The summed E-state index contributed by atoms with van der Waals surface area (Å²) in [5, 5.41) is 0. The molecule has 144 valence electrons. The fourth-order valence-corrected chi connectivity index (χ4v) is 2.76. The van der Waals surface area contributed by atoms with E-state index in [2.05, 4.69) is 4.98 Å². The summed E-state index contributed by atoms with van der Waals surface area (Å²) in [5.41, 5.74) is 1.19. The third-order valence-electron chi connectivity index (χ3n) is 4.10. The molecule has 0 radical (unpaired) electrons. The lowest BCUT2D eigenvalue weighted by atomic mass is 10.0. The van der Waals surface area contributed by atoms with Crippen LogP contribution in [0.3, 0.4) is 0 Å². The number of carbonyl (C=O) groups excluding carboxylic acids is 1. The van der Waals surface area contributed by atoms with Gasteiger partial charge in [0, 0.05) is 23.4 Å². The standard InChI is InChI=1S/C21H17F2NO4/c1-12-8-18(28-11-15-6-7-16(22)10-17(15)23)19(20(25)24-12)13-4-3-5-14(9-13)21(26)27-2/h3-10H,11H2,1-2H3,(H,24,25). The van der Waals surface area contributed by atoms with Crippen molar-refractivity contribution < 1.29 is 23.0 Å². The number of halogens is 2. The van der Waals surface area contributed by atoms with E-state index < -0.39 is 23.2 Å². The number of aromatic amines is 1. The van der Waals surface area contributed by atoms with E-state index in [4.69, 9.17) is 9.47 Å². The minimum Gasteiger partial charge on any atom is -0.488 e. The number of nitrogens with one attached hydrogen (secondary N) is 1. The van der Waals surface area contributed by atoms with Crippen LogP contribution in [0.5, 0.6) is 5.75 Å². The molecule has 0 saturated heterocycles. The van der Waals surface area contributed by atoms with Crippen LogP contribution >= 0.6 is 0 Å². The first-order valence-corrected chi connectivity index (χ1v) is 8.38. The van der Waals surface area contributed by atoms with Crippen molar-refractivity contribution in [3.8, 4) is 16.9 Å². The molecule has 0 bridgehead atoms. The monoisotopic (exact) mass is 385 g/mol. The zero-order valence-electron chi connectivity index (χ0n) is 15.2. The number of H-pyrrole nitrogens is 1. The lowest BCUT2D eigenvalue weighted by Gasteiger charge is -2.13. The molecule has 5 nitrogen and oxygen atoms in total. The molecule has 1 heterocycles. The summed E-state index contributed by atoms with van der Waals surface area (Å²) in [6, 6.07) is 11.1. The van der Waals surface area contributed by atoms with Gasteiger partial charge in [0.25, 0.3) is 5.56 Å². The molecule has 0 amide bonds. The largest absolute Gasteiger partial charge is 0.488 e. The first-order valence-electron chi connectivity index (χ1n) is 8.38. The van der Waals surface area contributed by atoms with E-state index in [0.29, 0.717) is 11.3 Å². The molecule has 1 aromatic heterocycles. The highest BCUT2D eigenvalue weighted by Gasteiger charge is 2.16. The third-order valence-corrected chi connectivity index (χ3v) is 4.10. The van der Waals surface area contributed by atoms with Crippen molar-refractivity contribution in [2.75, 3.05) is 7.11 Å². The van der Waals surface area contributed by atoms with Gasteiger partial charge in [-0.1, -0.05) is 12.1 Å². The van der Waals surface area contributed by atoms with E-state index in [1.54, 1.807) is 31.2 Å². The summed E-state index contributed by atoms with van der Waals surface area (Å²) in [6.07, 6.45) is 0. The molecule has 0 saturated carbocycles. The molecule has 0 unspecified atom stereocenters. The Morgan fingerprint density at radius 3 is 2.61 bits per heavy atom. The summed E-state index contributed by atoms with van der Waals surface area (Å²) in [5.74, 6) is -1.75. The second kappa shape index (κ2) is 8.04. The van der Waals surface area contributed by atoms with Crippen LogP contribution in [-0.2, 0) is 11.3 Å². The lowest BCUT2D eigenvalue weighted by molar-refractivity contribution is 0.0600. The normalized spacial score (nSPS) is 10.6. The molecular weight excluding hydrogens is 368 g/mol. The molecule has 28 heavy (non-hydrogen) atoms. The predicted molar refractivity (Wildman–Crippen MR) is 99.3 cm³/mol. The fourth-order valence-electron chi connectivity index (χ4n) is 2.76. The van der Waals surface area contributed by atoms with E-state index in [-0.39, 0.29) is 29.0 Å². The predicted octanol–water partition coefficient (Wildman–Crippen LogP) is 3.99. The quantitative estimate of drug-likeness (QED) is 0.675. The highest BCUT2D eigenvalue weighted by Crippen LogP contribution is 2.28. The number of methoxy groups -OCH3 is 1. The van der Waals surface area contributed by atoms with Gasteiger partial charge in [-0.2, -0.15) is 0 Å². The van der Waals surface area contributed by atoms with Crippen LogP contribution in [0.1, 0.15) is 21.6 Å². The Labute approximate surface area is 159 Å². The maximum Gasteiger partial charge on any atom is 0.337 e. The average Bonchev–Trinajstić information content (AvgIpc) is 2.66. The number of aryl methyl sites for hydroxylation is 1. The first-order chi connectivity index (χ1) is 13.4. The molecule has 0 spiro atoms.